The van der Waals surface area contributed by atoms with Gasteiger partial charge in [-0.25, -0.2) is 9.48 Å². The van der Waals surface area contributed by atoms with Crippen molar-refractivity contribution in [3.8, 4) is 0 Å². The van der Waals surface area contributed by atoms with Crippen molar-refractivity contribution in [2.75, 3.05) is 11.9 Å². The molecule has 1 aromatic heterocycles. The molecule has 0 radical (unpaired) electrons. The summed E-state index contributed by atoms with van der Waals surface area (Å²) in [5.74, 6) is 0.476. The first-order valence-corrected chi connectivity index (χ1v) is 9.63. The van der Waals surface area contributed by atoms with Crippen LogP contribution in [0.3, 0.4) is 0 Å². The highest BCUT2D eigenvalue weighted by molar-refractivity contribution is 5.94. The van der Waals surface area contributed by atoms with E-state index >= 15 is 0 Å². The number of hydrogen-bond acceptors (Lipinski definition) is 4. The topological polar surface area (TPSA) is 56.1 Å². The van der Waals surface area contributed by atoms with E-state index in [1.54, 1.807) is 6.20 Å². The van der Waals surface area contributed by atoms with E-state index in [4.69, 9.17) is 4.74 Å². The van der Waals surface area contributed by atoms with Crippen molar-refractivity contribution in [1.29, 1.82) is 0 Å². The zero-order chi connectivity index (χ0) is 18.7. The van der Waals surface area contributed by atoms with E-state index in [-0.39, 0.29) is 17.6 Å². The van der Waals surface area contributed by atoms with Crippen LogP contribution in [0.25, 0.3) is 0 Å². The van der Waals surface area contributed by atoms with Crippen LogP contribution in [0.2, 0.25) is 0 Å². The van der Waals surface area contributed by atoms with Crippen molar-refractivity contribution in [1.82, 2.24) is 9.78 Å². The minimum Gasteiger partial charge on any atom is -0.462 e. The third-order valence-corrected chi connectivity index (χ3v) is 5.43. The van der Waals surface area contributed by atoms with Crippen LogP contribution in [-0.4, -0.2) is 22.4 Å². The van der Waals surface area contributed by atoms with Crippen LogP contribution in [0.15, 0.2) is 30.5 Å². The lowest BCUT2D eigenvalue weighted by molar-refractivity contribution is 0.0526. The average Bonchev–Trinajstić information content (AvgIpc) is 3.07. The zero-order valence-corrected chi connectivity index (χ0v) is 16.2. The molecule has 1 N–H and O–H groups in total. The molecule has 0 aliphatic carbocycles. The molecule has 0 fully saturated rings. The first-order chi connectivity index (χ1) is 12.5. The van der Waals surface area contributed by atoms with Crippen molar-refractivity contribution in [2.45, 2.75) is 65.0 Å². The van der Waals surface area contributed by atoms with Crippen LogP contribution in [0.5, 0.6) is 0 Å². The molecule has 1 aromatic carbocycles. The van der Waals surface area contributed by atoms with Gasteiger partial charge >= 0.3 is 5.97 Å². The molecule has 0 saturated carbocycles. The third kappa shape index (κ3) is 3.22. The molecular formula is C21H29N3O2. The van der Waals surface area contributed by atoms with E-state index < -0.39 is 0 Å². The highest BCUT2D eigenvalue weighted by Crippen LogP contribution is 2.44. The van der Waals surface area contributed by atoms with Gasteiger partial charge in [-0.05, 0) is 38.7 Å². The molecule has 1 aliphatic heterocycles. The Bertz CT molecular complexity index is 783. The first kappa shape index (κ1) is 18.5. The van der Waals surface area contributed by atoms with Crippen LogP contribution in [0.1, 0.15) is 74.0 Å². The highest BCUT2D eigenvalue weighted by Gasteiger charge is 2.41. The van der Waals surface area contributed by atoms with E-state index in [1.807, 2.05) is 11.6 Å². The lowest BCUT2D eigenvalue weighted by atomic mass is 9.80. The number of hydrogen-bond donors (Lipinski definition) is 1. The summed E-state index contributed by atoms with van der Waals surface area (Å²) in [7, 11) is 0. The number of carbonyl (C=O) groups excluding carboxylic acids is 1. The van der Waals surface area contributed by atoms with E-state index in [1.165, 1.54) is 11.1 Å². The summed E-state index contributed by atoms with van der Waals surface area (Å²) in [5, 5.41) is 8.18. The Morgan fingerprint density at radius 2 is 2.19 bits per heavy atom. The van der Waals surface area contributed by atoms with Gasteiger partial charge in [-0.2, -0.15) is 5.10 Å². The van der Waals surface area contributed by atoms with Gasteiger partial charge in [0.1, 0.15) is 11.4 Å². The fourth-order valence-electron chi connectivity index (χ4n) is 4.12. The predicted octanol–water partition coefficient (Wildman–Crippen LogP) is 4.83. The van der Waals surface area contributed by atoms with Crippen LogP contribution in [0, 0.1) is 6.92 Å². The molecule has 0 bridgehead atoms. The first-order valence-electron chi connectivity index (χ1n) is 9.63. The van der Waals surface area contributed by atoms with Gasteiger partial charge in [-0.15, -0.1) is 0 Å². The molecule has 2 heterocycles. The van der Waals surface area contributed by atoms with E-state index in [0.29, 0.717) is 12.2 Å². The fourth-order valence-corrected chi connectivity index (χ4v) is 4.12. The van der Waals surface area contributed by atoms with E-state index in [9.17, 15) is 4.79 Å². The largest absolute Gasteiger partial charge is 0.462 e. The smallest absolute Gasteiger partial charge is 0.343 e. The van der Waals surface area contributed by atoms with Crippen molar-refractivity contribution >= 4 is 11.8 Å². The summed E-state index contributed by atoms with van der Waals surface area (Å²) in [6.07, 6.45) is 5.69. The molecular weight excluding hydrogens is 326 g/mol. The van der Waals surface area contributed by atoms with Gasteiger partial charge in [0.2, 0.25) is 0 Å². The Hall–Kier alpha value is -2.30. The lowest BCUT2D eigenvalue weighted by Gasteiger charge is -2.43. The fraction of sp³-hybridized carbons (Fsp3) is 0.524. The SMILES string of the molecule is CCCC1(CC)CC(c2cccc(C)c2)Nc2c(C(=O)OCC)cnn21. The standard InChI is InChI=1S/C21H29N3O2/c1-5-11-21(6-2)13-18(16-10-8-9-15(4)12-16)23-19-17(14-22-24(19)21)20(25)26-7-3/h8-10,12,14,18,23H,5-7,11,13H2,1-4H3. The number of benzene rings is 1. The Morgan fingerprint density at radius 3 is 2.85 bits per heavy atom. The summed E-state index contributed by atoms with van der Waals surface area (Å²) >= 11 is 0. The van der Waals surface area contributed by atoms with E-state index in [0.717, 1.165) is 31.5 Å². The molecule has 2 aromatic rings. The maximum Gasteiger partial charge on any atom is 0.343 e. The van der Waals surface area contributed by atoms with Gasteiger partial charge in [0, 0.05) is 0 Å². The molecule has 2 atom stereocenters. The van der Waals surface area contributed by atoms with Gasteiger partial charge in [0.05, 0.1) is 24.4 Å². The summed E-state index contributed by atoms with van der Waals surface area (Å²) in [4.78, 5) is 12.4. The predicted molar refractivity (Wildman–Crippen MR) is 104 cm³/mol. The number of nitrogens with one attached hydrogen (secondary N) is 1. The number of aromatic nitrogens is 2. The molecule has 26 heavy (non-hydrogen) atoms. The Balaban J connectivity index is 2.08. The maximum atomic E-state index is 12.4. The quantitative estimate of drug-likeness (QED) is 0.754. The normalized spacial score (nSPS) is 21.8. The van der Waals surface area contributed by atoms with Crippen LogP contribution < -0.4 is 5.32 Å². The summed E-state index contributed by atoms with van der Waals surface area (Å²) in [5.41, 5.74) is 2.93. The molecule has 5 heteroatoms. The van der Waals surface area contributed by atoms with Crippen molar-refractivity contribution in [2.24, 2.45) is 0 Å². The number of carbonyl (C=O) groups is 1. The minimum absolute atomic E-state index is 0.0888. The van der Waals surface area contributed by atoms with Crippen LogP contribution in [0.4, 0.5) is 5.82 Å². The number of rotatable bonds is 6. The highest BCUT2D eigenvalue weighted by atomic mass is 16.5. The second-order valence-electron chi connectivity index (χ2n) is 7.18. The zero-order valence-electron chi connectivity index (χ0n) is 16.2. The Kier molecular flexibility index (Phi) is 5.35. The molecule has 1 aliphatic rings. The molecule has 3 rings (SSSR count). The molecule has 140 valence electrons. The third-order valence-electron chi connectivity index (χ3n) is 5.43. The molecule has 0 amide bonds. The van der Waals surface area contributed by atoms with Gasteiger partial charge in [0.15, 0.2) is 0 Å². The number of nitrogens with zero attached hydrogens (tertiary/aromatic N) is 2. The maximum absolute atomic E-state index is 12.4. The van der Waals surface area contributed by atoms with Crippen molar-refractivity contribution < 1.29 is 9.53 Å². The summed E-state index contributed by atoms with van der Waals surface area (Å²) in [6.45, 7) is 8.71. The van der Waals surface area contributed by atoms with Crippen LogP contribution in [-0.2, 0) is 10.3 Å². The molecule has 0 spiro atoms. The van der Waals surface area contributed by atoms with Gasteiger partial charge in [0.25, 0.3) is 0 Å². The van der Waals surface area contributed by atoms with Crippen molar-refractivity contribution in [3.05, 3.63) is 47.2 Å². The van der Waals surface area contributed by atoms with Gasteiger partial charge < -0.3 is 10.1 Å². The lowest BCUT2D eigenvalue weighted by Crippen LogP contribution is -2.42. The molecule has 5 nitrogen and oxygen atoms in total. The number of fused-ring (bicyclic) bond motifs is 1. The second kappa shape index (κ2) is 7.52. The van der Waals surface area contributed by atoms with Crippen LogP contribution >= 0.6 is 0 Å². The molecule has 2 unspecified atom stereocenters. The number of ether oxygens (including phenoxy) is 1. The summed E-state index contributed by atoms with van der Waals surface area (Å²) < 4.78 is 7.28. The number of anilines is 1. The monoisotopic (exact) mass is 355 g/mol. The second-order valence-corrected chi connectivity index (χ2v) is 7.18. The average molecular weight is 355 g/mol. The van der Waals surface area contributed by atoms with Gasteiger partial charge in [-0.3, -0.25) is 0 Å². The summed E-state index contributed by atoms with van der Waals surface area (Å²) in [6, 6.07) is 8.74. The van der Waals surface area contributed by atoms with Gasteiger partial charge in [-0.1, -0.05) is 50.1 Å². The van der Waals surface area contributed by atoms with Crippen molar-refractivity contribution in [3.63, 3.8) is 0 Å². The Morgan fingerprint density at radius 1 is 1.38 bits per heavy atom. The Labute approximate surface area is 155 Å². The number of aryl methyl sites for hydroxylation is 1. The number of esters is 1. The molecule has 0 saturated heterocycles. The minimum atomic E-state index is -0.312. The van der Waals surface area contributed by atoms with E-state index in [2.05, 4.69) is 55.5 Å².